The maximum Gasteiger partial charge on any atom is 0.227 e. The number of nitrogens with one attached hydrogen (secondary N) is 1. The lowest BCUT2D eigenvalue weighted by atomic mass is 9.92. The van der Waals surface area contributed by atoms with Gasteiger partial charge in [-0.1, -0.05) is 6.07 Å². The molecular weight excluding hydrogens is 476 g/mol. The van der Waals surface area contributed by atoms with Gasteiger partial charge in [0.15, 0.2) is 9.84 Å². The Morgan fingerprint density at radius 3 is 2.56 bits per heavy atom. The second-order valence-corrected chi connectivity index (χ2v) is 10.4. The van der Waals surface area contributed by atoms with E-state index in [0.29, 0.717) is 34.8 Å². The number of aryl methyl sites for hydroxylation is 1. The van der Waals surface area contributed by atoms with Crippen LogP contribution in [-0.2, 0) is 16.4 Å². The highest BCUT2D eigenvalue weighted by molar-refractivity contribution is 7.90. The summed E-state index contributed by atoms with van der Waals surface area (Å²) in [6.07, 6.45) is 4.61. The molecule has 2 N–H and O–H groups in total. The maximum atomic E-state index is 11.7. The molecule has 0 amide bonds. The van der Waals surface area contributed by atoms with Crippen LogP contribution in [0.15, 0.2) is 65.8 Å². The lowest BCUT2D eigenvalue weighted by Crippen LogP contribution is -2.03. The number of aromatic nitrogens is 4. The molecule has 180 valence electrons. The lowest BCUT2D eigenvalue weighted by Gasteiger charge is -2.13. The molecule has 0 atom stereocenters. The zero-order valence-corrected chi connectivity index (χ0v) is 20.4. The van der Waals surface area contributed by atoms with Crippen LogP contribution in [0.2, 0.25) is 0 Å². The second-order valence-electron chi connectivity index (χ2n) is 8.42. The number of nitriles is 1. The molecule has 5 rings (SSSR count). The van der Waals surface area contributed by atoms with Crippen LogP contribution in [0.4, 0.5) is 11.6 Å². The number of anilines is 2. The molecule has 0 aliphatic rings. The summed E-state index contributed by atoms with van der Waals surface area (Å²) in [5, 5.41) is 28.4. The fraction of sp³-hybridized carbons (Fsp3) is 0.154. The third-order valence-corrected chi connectivity index (χ3v) is 7.22. The van der Waals surface area contributed by atoms with E-state index >= 15 is 0 Å². The van der Waals surface area contributed by atoms with Gasteiger partial charge in [0, 0.05) is 34.5 Å². The molecule has 0 saturated carbocycles. The van der Waals surface area contributed by atoms with Crippen molar-refractivity contribution >= 4 is 43.3 Å². The molecule has 36 heavy (non-hydrogen) atoms. The van der Waals surface area contributed by atoms with E-state index < -0.39 is 9.84 Å². The Morgan fingerprint density at radius 2 is 1.86 bits per heavy atom. The van der Waals surface area contributed by atoms with E-state index in [2.05, 4.69) is 21.5 Å². The number of nitrogens with zero attached hydrogens (tertiary/aromatic N) is 5. The quantitative estimate of drug-likeness (QED) is 0.359. The average molecular weight is 499 g/mol. The number of rotatable bonds is 6. The predicted octanol–water partition coefficient (Wildman–Crippen LogP) is 3.97. The Labute approximate surface area is 207 Å². The average Bonchev–Trinajstić information content (AvgIpc) is 3.27. The normalized spacial score (nSPS) is 11.6. The summed E-state index contributed by atoms with van der Waals surface area (Å²) < 4.78 is 25.2. The van der Waals surface area contributed by atoms with Crippen molar-refractivity contribution in [2.75, 3.05) is 18.2 Å². The molecule has 2 heterocycles. The van der Waals surface area contributed by atoms with Crippen LogP contribution < -0.4 is 5.32 Å². The van der Waals surface area contributed by atoms with E-state index in [4.69, 9.17) is 4.98 Å². The van der Waals surface area contributed by atoms with Crippen LogP contribution in [0.5, 0.6) is 0 Å². The van der Waals surface area contributed by atoms with Gasteiger partial charge in [-0.3, -0.25) is 4.68 Å². The van der Waals surface area contributed by atoms with Crippen molar-refractivity contribution in [2.45, 2.75) is 18.4 Å². The van der Waals surface area contributed by atoms with Crippen molar-refractivity contribution in [3.05, 3.63) is 72.1 Å². The first-order chi connectivity index (χ1) is 17.3. The standard InChI is InChI=1S/C26H22N6O3S/c1-16-21(9-10-23-22(16)15-29-32(23)11-12-33)24-17(13-27)3-4-18-14-28-26(31-25(18)24)30-19-5-7-20(8-6-19)36(2,34)35/h3-10,14-15,33H,11-12H2,1-2H3,(H,28,30,31). The van der Waals surface area contributed by atoms with Gasteiger partial charge >= 0.3 is 0 Å². The monoisotopic (exact) mass is 498 g/mol. The first-order valence-electron chi connectivity index (χ1n) is 11.1. The number of aliphatic hydroxyl groups excluding tert-OH is 1. The van der Waals surface area contributed by atoms with E-state index in [1.165, 1.54) is 12.1 Å². The van der Waals surface area contributed by atoms with Crippen molar-refractivity contribution in [3.63, 3.8) is 0 Å². The zero-order chi connectivity index (χ0) is 25.4. The van der Waals surface area contributed by atoms with Crippen molar-refractivity contribution in [3.8, 4) is 17.2 Å². The molecule has 9 nitrogen and oxygen atoms in total. The molecule has 0 aliphatic heterocycles. The molecule has 0 saturated heterocycles. The van der Waals surface area contributed by atoms with Crippen molar-refractivity contribution < 1.29 is 13.5 Å². The summed E-state index contributed by atoms with van der Waals surface area (Å²) >= 11 is 0. The molecule has 10 heteroatoms. The number of hydrogen-bond donors (Lipinski definition) is 2. The number of sulfone groups is 1. The Hall–Kier alpha value is -4.33. The van der Waals surface area contributed by atoms with E-state index in [1.807, 2.05) is 25.1 Å². The van der Waals surface area contributed by atoms with E-state index in [9.17, 15) is 18.8 Å². The summed E-state index contributed by atoms with van der Waals surface area (Å²) in [5.74, 6) is 0.320. The maximum absolute atomic E-state index is 11.7. The largest absolute Gasteiger partial charge is 0.394 e. The van der Waals surface area contributed by atoms with Gasteiger partial charge in [0.05, 0.1) is 46.9 Å². The molecule has 2 aromatic heterocycles. The van der Waals surface area contributed by atoms with Gasteiger partial charge in [0.1, 0.15) is 0 Å². The summed E-state index contributed by atoms with van der Waals surface area (Å²) in [6.45, 7) is 2.36. The second kappa shape index (κ2) is 9.03. The van der Waals surface area contributed by atoms with Gasteiger partial charge < -0.3 is 10.4 Å². The van der Waals surface area contributed by atoms with Gasteiger partial charge in [-0.25, -0.2) is 18.4 Å². The van der Waals surface area contributed by atoms with Gasteiger partial charge in [0.25, 0.3) is 0 Å². The molecule has 0 bridgehead atoms. The summed E-state index contributed by atoms with van der Waals surface area (Å²) in [4.78, 5) is 9.36. The molecular formula is C26H22N6O3S. The Kier molecular flexibility index (Phi) is 5.88. The minimum atomic E-state index is -3.29. The number of benzene rings is 3. The van der Waals surface area contributed by atoms with Gasteiger partial charge in [0.2, 0.25) is 5.95 Å². The Morgan fingerprint density at radius 1 is 1.08 bits per heavy atom. The Balaban J connectivity index is 1.63. The summed E-state index contributed by atoms with van der Waals surface area (Å²) in [7, 11) is -3.29. The van der Waals surface area contributed by atoms with Crippen LogP contribution in [0.1, 0.15) is 11.1 Å². The minimum Gasteiger partial charge on any atom is -0.394 e. The highest BCUT2D eigenvalue weighted by Crippen LogP contribution is 2.36. The van der Waals surface area contributed by atoms with E-state index in [1.54, 1.807) is 35.3 Å². The summed E-state index contributed by atoms with van der Waals surface area (Å²) in [5.41, 5.74) is 5.13. The molecule has 5 aromatic rings. The van der Waals surface area contributed by atoms with Crippen LogP contribution in [0.3, 0.4) is 0 Å². The molecule has 0 fully saturated rings. The number of fused-ring (bicyclic) bond motifs is 2. The first kappa shape index (κ1) is 23.4. The summed E-state index contributed by atoms with van der Waals surface area (Å²) in [6, 6.07) is 16.1. The molecule has 0 aliphatic carbocycles. The minimum absolute atomic E-state index is 0.0108. The Bertz CT molecular complexity index is 1770. The van der Waals surface area contributed by atoms with Crippen molar-refractivity contribution in [1.82, 2.24) is 19.7 Å². The molecule has 0 spiro atoms. The molecule has 3 aromatic carbocycles. The van der Waals surface area contributed by atoms with Crippen molar-refractivity contribution in [2.24, 2.45) is 0 Å². The fourth-order valence-corrected chi connectivity index (χ4v) is 4.90. The zero-order valence-electron chi connectivity index (χ0n) is 19.6. The van der Waals surface area contributed by atoms with Crippen LogP contribution in [0.25, 0.3) is 32.9 Å². The molecule has 0 radical (unpaired) electrons. The van der Waals surface area contributed by atoms with Crippen molar-refractivity contribution in [1.29, 1.82) is 5.26 Å². The lowest BCUT2D eigenvalue weighted by molar-refractivity contribution is 0.271. The fourth-order valence-electron chi connectivity index (χ4n) is 4.27. The van der Waals surface area contributed by atoms with E-state index in [0.717, 1.165) is 33.7 Å². The topological polar surface area (TPSA) is 134 Å². The van der Waals surface area contributed by atoms with Crippen LogP contribution >= 0.6 is 0 Å². The van der Waals surface area contributed by atoms with Crippen LogP contribution in [-0.4, -0.2) is 46.1 Å². The predicted molar refractivity (Wildman–Crippen MR) is 138 cm³/mol. The number of aliphatic hydroxyl groups is 1. The third-order valence-electron chi connectivity index (χ3n) is 6.09. The van der Waals surface area contributed by atoms with Gasteiger partial charge in [-0.2, -0.15) is 10.4 Å². The van der Waals surface area contributed by atoms with Gasteiger partial charge in [-0.15, -0.1) is 0 Å². The molecule has 0 unspecified atom stereocenters. The SMILES string of the molecule is Cc1c(-c2c(C#N)ccc3cnc(Nc4ccc(S(C)(=O)=O)cc4)nc23)ccc2c1cnn2CCO. The van der Waals surface area contributed by atoms with Gasteiger partial charge in [-0.05, 0) is 60.5 Å². The highest BCUT2D eigenvalue weighted by atomic mass is 32.2. The number of hydrogen-bond acceptors (Lipinski definition) is 8. The highest BCUT2D eigenvalue weighted by Gasteiger charge is 2.17. The van der Waals surface area contributed by atoms with Crippen LogP contribution in [0, 0.1) is 18.3 Å². The third kappa shape index (κ3) is 4.15. The van der Waals surface area contributed by atoms with E-state index in [-0.39, 0.29) is 11.5 Å². The smallest absolute Gasteiger partial charge is 0.227 e. The first-order valence-corrected chi connectivity index (χ1v) is 13.0.